The maximum Gasteiger partial charge on any atom is 0.419 e. The first-order valence-corrected chi connectivity index (χ1v) is 5.19. The van der Waals surface area contributed by atoms with Crippen LogP contribution in [-0.4, -0.2) is 15.8 Å². The summed E-state index contributed by atoms with van der Waals surface area (Å²) in [6, 6.07) is -0.175. The molecule has 0 spiro atoms. The summed E-state index contributed by atoms with van der Waals surface area (Å²) in [4.78, 5) is 0. The Balaban J connectivity index is 2.66. The predicted molar refractivity (Wildman–Crippen MR) is 54.7 cm³/mol. The second-order valence-corrected chi connectivity index (χ2v) is 4.00. The standard InChI is InChI=1S/C10H16F3N3/c1-3-7(2)9(14)6-16-5-8(4-15-16)10(11,12)13/h4-5,7,9H,3,6,14H2,1-2H3. The van der Waals surface area contributed by atoms with Crippen molar-refractivity contribution < 1.29 is 13.2 Å². The summed E-state index contributed by atoms with van der Waals surface area (Å²) in [5.41, 5.74) is 5.10. The van der Waals surface area contributed by atoms with Crippen molar-refractivity contribution in [2.24, 2.45) is 11.7 Å². The molecule has 2 atom stereocenters. The number of hydrogen-bond donors (Lipinski definition) is 1. The summed E-state index contributed by atoms with van der Waals surface area (Å²) >= 11 is 0. The third-order valence-electron chi connectivity index (χ3n) is 2.73. The van der Waals surface area contributed by atoms with E-state index >= 15 is 0 Å². The van der Waals surface area contributed by atoms with Crippen molar-refractivity contribution in [3.8, 4) is 0 Å². The predicted octanol–water partition coefficient (Wildman–Crippen LogP) is 2.28. The molecule has 0 saturated carbocycles. The molecule has 0 amide bonds. The molecule has 0 fully saturated rings. The molecule has 0 radical (unpaired) electrons. The molecule has 1 heterocycles. The van der Waals surface area contributed by atoms with Crippen LogP contribution >= 0.6 is 0 Å². The van der Waals surface area contributed by atoms with E-state index < -0.39 is 11.7 Å². The highest BCUT2D eigenvalue weighted by molar-refractivity contribution is 5.08. The molecule has 1 aromatic heterocycles. The zero-order valence-electron chi connectivity index (χ0n) is 9.33. The summed E-state index contributed by atoms with van der Waals surface area (Å²) in [6.07, 6.45) is -1.63. The van der Waals surface area contributed by atoms with Crippen molar-refractivity contribution in [3.05, 3.63) is 18.0 Å². The number of nitrogens with two attached hydrogens (primary N) is 1. The fourth-order valence-corrected chi connectivity index (χ4v) is 1.31. The van der Waals surface area contributed by atoms with Gasteiger partial charge in [-0.05, 0) is 5.92 Å². The van der Waals surface area contributed by atoms with Crippen LogP contribution in [0.15, 0.2) is 12.4 Å². The Morgan fingerprint density at radius 3 is 2.56 bits per heavy atom. The van der Waals surface area contributed by atoms with Gasteiger partial charge in [-0.1, -0.05) is 20.3 Å². The summed E-state index contributed by atoms with van der Waals surface area (Å²) < 4.78 is 38.1. The Morgan fingerprint density at radius 1 is 1.50 bits per heavy atom. The molecular weight excluding hydrogens is 219 g/mol. The molecule has 2 N–H and O–H groups in total. The second-order valence-electron chi connectivity index (χ2n) is 4.00. The summed E-state index contributed by atoms with van der Waals surface area (Å²) in [5.74, 6) is 0.263. The summed E-state index contributed by atoms with van der Waals surface area (Å²) in [6.45, 7) is 4.28. The first-order valence-electron chi connectivity index (χ1n) is 5.19. The minimum Gasteiger partial charge on any atom is -0.326 e. The number of hydrogen-bond acceptors (Lipinski definition) is 2. The minimum atomic E-state index is -4.33. The summed E-state index contributed by atoms with van der Waals surface area (Å²) in [5, 5.41) is 3.66. The molecule has 1 aromatic rings. The SMILES string of the molecule is CCC(C)C(N)Cn1cc(C(F)(F)F)cn1. The van der Waals surface area contributed by atoms with Crippen molar-refractivity contribution in [3.63, 3.8) is 0 Å². The van der Waals surface area contributed by atoms with Gasteiger partial charge in [-0.25, -0.2) is 0 Å². The van der Waals surface area contributed by atoms with Crippen LogP contribution in [0.3, 0.4) is 0 Å². The van der Waals surface area contributed by atoms with Crippen LogP contribution in [0, 0.1) is 5.92 Å². The van der Waals surface area contributed by atoms with Gasteiger partial charge in [-0.3, -0.25) is 4.68 Å². The van der Waals surface area contributed by atoms with Gasteiger partial charge in [0.05, 0.1) is 18.3 Å². The van der Waals surface area contributed by atoms with Crippen LogP contribution in [0.1, 0.15) is 25.8 Å². The first kappa shape index (κ1) is 13.0. The number of alkyl halides is 3. The van der Waals surface area contributed by atoms with Crippen molar-refractivity contribution >= 4 is 0 Å². The third-order valence-corrected chi connectivity index (χ3v) is 2.73. The van der Waals surface area contributed by atoms with Gasteiger partial charge >= 0.3 is 6.18 Å². The largest absolute Gasteiger partial charge is 0.419 e. The Hall–Kier alpha value is -1.04. The normalized spacial score (nSPS) is 16.1. The smallest absolute Gasteiger partial charge is 0.326 e. The van der Waals surface area contributed by atoms with E-state index in [1.54, 1.807) is 0 Å². The van der Waals surface area contributed by atoms with Crippen molar-refractivity contribution in [2.75, 3.05) is 0 Å². The molecule has 0 aliphatic carbocycles. The zero-order chi connectivity index (χ0) is 12.3. The van der Waals surface area contributed by atoms with Crippen LogP contribution in [-0.2, 0) is 12.7 Å². The van der Waals surface area contributed by atoms with E-state index in [1.807, 2.05) is 13.8 Å². The maximum absolute atomic E-state index is 12.3. The topological polar surface area (TPSA) is 43.8 Å². The number of nitrogens with zero attached hydrogens (tertiary/aromatic N) is 2. The Morgan fingerprint density at radius 2 is 2.12 bits per heavy atom. The third kappa shape index (κ3) is 3.23. The molecule has 6 heteroatoms. The van der Waals surface area contributed by atoms with E-state index in [-0.39, 0.29) is 12.0 Å². The molecule has 92 valence electrons. The molecule has 0 aromatic carbocycles. The quantitative estimate of drug-likeness (QED) is 0.870. The lowest BCUT2D eigenvalue weighted by Gasteiger charge is -2.17. The molecule has 16 heavy (non-hydrogen) atoms. The van der Waals surface area contributed by atoms with E-state index in [4.69, 9.17) is 5.73 Å². The van der Waals surface area contributed by atoms with Crippen LogP contribution in [0.4, 0.5) is 13.2 Å². The maximum atomic E-state index is 12.3. The highest BCUT2D eigenvalue weighted by atomic mass is 19.4. The minimum absolute atomic E-state index is 0.175. The summed E-state index contributed by atoms with van der Waals surface area (Å²) in [7, 11) is 0. The fourth-order valence-electron chi connectivity index (χ4n) is 1.31. The van der Waals surface area contributed by atoms with Crippen LogP contribution in [0.2, 0.25) is 0 Å². The van der Waals surface area contributed by atoms with Crippen LogP contribution < -0.4 is 5.73 Å². The molecule has 0 saturated heterocycles. The van der Waals surface area contributed by atoms with Gasteiger partial charge in [0.25, 0.3) is 0 Å². The average Bonchev–Trinajstić information content (AvgIpc) is 2.64. The lowest BCUT2D eigenvalue weighted by atomic mass is 10.0. The van der Waals surface area contributed by atoms with Gasteiger partial charge in [0.1, 0.15) is 0 Å². The Labute approximate surface area is 92.4 Å². The first-order chi connectivity index (χ1) is 7.34. The van der Waals surface area contributed by atoms with E-state index in [0.29, 0.717) is 6.54 Å². The molecular formula is C10H16F3N3. The van der Waals surface area contributed by atoms with E-state index in [1.165, 1.54) is 4.68 Å². The van der Waals surface area contributed by atoms with Gasteiger partial charge < -0.3 is 5.73 Å². The van der Waals surface area contributed by atoms with Gasteiger partial charge in [0.15, 0.2) is 0 Å². The molecule has 1 rings (SSSR count). The van der Waals surface area contributed by atoms with Gasteiger partial charge in [-0.2, -0.15) is 18.3 Å². The second kappa shape index (κ2) is 4.86. The van der Waals surface area contributed by atoms with E-state index in [0.717, 1.165) is 18.8 Å². The van der Waals surface area contributed by atoms with E-state index in [2.05, 4.69) is 5.10 Å². The lowest BCUT2D eigenvalue weighted by molar-refractivity contribution is -0.137. The zero-order valence-corrected chi connectivity index (χ0v) is 9.33. The van der Waals surface area contributed by atoms with Crippen molar-refractivity contribution in [1.82, 2.24) is 9.78 Å². The molecule has 0 aliphatic heterocycles. The Kier molecular flexibility index (Phi) is 3.96. The molecule has 0 aliphatic rings. The highest BCUT2D eigenvalue weighted by Gasteiger charge is 2.32. The van der Waals surface area contributed by atoms with Gasteiger partial charge in [0.2, 0.25) is 0 Å². The van der Waals surface area contributed by atoms with Gasteiger partial charge in [0, 0.05) is 12.2 Å². The van der Waals surface area contributed by atoms with Crippen LogP contribution in [0.5, 0.6) is 0 Å². The average molecular weight is 235 g/mol. The monoisotopic (exact) mass is 235 g/mol. The van der Waals surface area contributed by atoms with Gasteiger partial charge in [-0.15, -0.1) is 0 Å². The van der Waals surface area contributed by atoms with E-state index in [9.17, 15) is 13.2 Å². The number of halogens is 3. The number of aromatic nitrogens is 2. The van der Waals surface area contributed by atoms with Crippen molar-refractivity contribution in [1.29, 1.82) is 0 Å². The molecule has 3 nitrogen and oxygen atoms in total. The van der Waals surface area contributed by atoms with Crippen LogP contribution in [0.25, 0.3) is 0 Å². The lowest BCUT2D eigenvalue weighted by Crippen LogP contribution is -2.32. The number of rotatable bonds is 4. The van der Waals surface area contributed by atoms with Crippen molar-refractivity contribution in [2.45, 2.75) is 39.0 Å². The highest BCUT2D eigenvalue weighted by Crippen LogP contribution is 2.28. The fraction of sp³-hybridized carbons (Fsp3) is 0.700. The Bertz CT molecular complexity index is 332. The molecule has 0 bridgehead atoms. The molecule has 2 unspecified atom stereocenters.